The average Bonchev–Trinajstić information content (AvgIpc) is 2.36. The van der Waals surface area contributed by atoms with Crippen molar-refractivity contribution in [3.8, 4) is 0 Å². The van der Waals surface area contributed by atoms with E-state index in [9.17, 15) is 0 Å². The normalized spacial score (nSPS) is 19.3. The van der Waals surface area contributed by atoms with Gasteiger partial charge in [0, 0.05) is 11.6 Å². The molecular weight excluding hydrogens is 232 g/mol. The highest BCUT2D eigenvalue weighted by Gasteiger charge is 2.26. The predicted octanol–water partition coefficient (Wildman–Crippen LogP) is 4.48. The van der Waals surface area contributed by atoms with Crippen molar-refractivity contribution in [3.05, 3.63) is 22.8 Å². The van der Waals surface area contributed by atoms with Gasteiger partial charge in [-0.1, -0.05) is 41.5 Å². The Hall–Kier alpha value is -0.920. The third kappa shape index (κ3) is 2.98. The summed E-state index contributed by atoms with van der Waals surface area (Å²) >= 11 is 0. The number of fused-ring (bicyclic) bond motifs is 1. The smallest absolute Gasteiger partial charge is 0.131 e. The Labute approximate surface area is 118 Å². The van der Waals surface area contributed by atoms with E-state index in [4.69, 9.17) is 9.97 Å². The van der Waals surface area contributed by atoms with E-state index >= 15 is 0 Å². The van der Waals surface area contributed by atoms with Crippen LogP contribution < -0.4 is 0 Å². The molecule has 1 unspecified atom stereocenters. The summed E-state index contributed by atoms with van der Waals surface area (Å²) in [6.07, 6.45) is 3.62. The number of nitrogens with zero attached hydrogens (tertiary/aromatic N) is 2. The SMILES string of the molecule is CC(C)c1nc2c(c(C(C)C)n1)CCC(C(C)C)C2. The number of aromatic nitrogens is 2. The lowest BCUT2D eigenvalue weighted by molar-refractivity contribution is 0.336. The van der Waals surface area contributed by atoms with Crippen molar-refractivity contribution in [2.24, 2.45) is 11.8 Å². The molecule has 2 heteroatoms. The predicted molar refractivity (Wildman–Crippen MR) is 80.6 cm³/mol. The van der Waals surface area contributed by atoms with Crippen LogP contribution in [0.4, 0.5) is 0 Å². The lowest BCUT2D eigenvalue weighted by Crippen LogP contribution is -2.23. The molecule has 0 saturated heterocycles. The number of hydrogen-bond donors (Lipinski definition) is 0. The molecule has 1 aliphatic rings. The Morgan fingerprint density at radius 3 is 2.16 bits per heavy atom. The molecule has 1 heterocycles. The molecule has 106 valence electrons. The summed E-state index contributed by atoms with van der Waals surface area (Å²) in [4.78, 5) is 9.72. The summed E-state index contributed by atoms with van der Waals surface area (Å²) in [6, 6.07) is 0. The topological polar surface area (TPSA) is 25.8 Å². The molecular formula is C17H28N2. The van der Waals surface area contributed by atoms with Crippen molar-refractivity contribution in [2.45, 2.75) is 72.6 Å². The van der Waals surface area contributed by atoms with Gasteiger partial charge in [0.15, 0.2) is 0 Å². The van der Waals surface area contributed by atoms with E-state index in [0.717, 1.165) is 24.1 Å². The summed E-state index contributed by atoms with van der Waals surface area (Å²) in [5.74, 6) is 3.51. The highest BCUT2D eigenvalue weighted by atomic mass is 14.9. The first-order valence-corrected chi connectivity index (χ1v) is 7.79. The van der Waals surface area contributed by atoms with Gasteiger partial charge in [0.1, 0.15) is 5.82 Å². The molecule has 0 spiro atoms. The first kappa shape index (κ1) is 14.5. The van der Waals surface area contributed by atoms with Crippen molar-refractivity contribution >= 4 is 0 Å². The molecule has 2 rings (SSSR count). The van der Waals surface area contributed by atoms with E-state index in [0.29, 0.717) is 11.8 Å². The molecule has 1 aromatic rings. The van der Waals surface area contributed by atoms with Gasteiger partial charge in [-0.2, -0.15) is 0 Å². The zero-order chi connectivity index (χ0) is 14.2. The molecule has 0 saturated carbocycles. The highest BCUT2D eigenvalue weighted by Crippen LogP contribution is 2.33. The van der Waals surface area contributed by atoms with Crippen molar-refractivity contribution in [1.82, 2.24) is 9.97 Å². The van der Waals surface area contributed by atoms with E-state index in [1.54, 1.807) is 0 Å². The monoisotopic (exact) mass is 260 g/mol. The fraction of sp³-hybridized carbons (Fsp3) is 0.765. The molecule has 0 radical (unpaired) electrons. The summed E-state index contributed by atoms with van der Waals surface area (Å²) in [7, 11) is 0. The molecule has 0 aliphatic heterocycles. The van der Waals surface area contributed by atoms with Crippen LogP contribution in [0, 0.1) is 11.8 Å². The van der Waals surface area contributed by atoms with Crippen LogP contribution in [0.5, 0.6) is 0 Å². The first-order valence-electron chi connectivity index (χ1n) is 7.79. The van der Waals surface area contributed by atoms with Crippen molar-refractivity contribution in [2.75, 3.05) is 0 Å². The standard InChI is InChI=1S/C17H28N2/c1-10(2)13-7-8-14-15(9-13)18-17(12(5)6)19-16(14)11(3)4/h10-13H,7-9H2,1-6H3. The molecule has 0 N–H and O–H groups in total. The molecule has 0 fully saturated rings. The lowest BCUT2D eigenvalue weighted by Gasteiger charge is -2.29. The molecule has 0 bridgehead atoms. The maximum absolute atomic E-state index is 4.88. The summed E-state index contributed by atoms with van der Waals surface area (Å²) < 4.78 is 0. The van der Waals surface area contributed by atoms with Gasteiger partial charge in [-0.25, -0.2) is 9.97 Å². The highest BCUT2D eigenvalue weighted by molar-refractivity contribution is 5.31. The lowest BCUT2D eigenvalue weighted by atomic mass is 9.79. The Morgan fingerprint density at radius 2 is 1.63 bits per heavy atom. The molecule has 0 amide bonds. The summed E-state index contributed by atoms with van der Waals surface area (Å²) in [5.41, 5.74) is 4.10. The molecule has 1 atom stereocenters. The van der Waals surface area contributed by atoms with Crippen molar-refractivity contribution in [3.63, 3.8) is 0 Å². The van der Waals surface area contributed by atoms with Gasteiger partial charge in [0.05, 0.1) is 5.69 Å². The minimum Gasteiger partial charge on any atom is -0.237 e. The van der Waals surface area contributed by atoms with Crippen LogP contribution in [0.25, 0.3) is 0 Å². The maximum atomic E-state index is 4.88. The third-order valence-corrected chi connectivity index (χ3v) is 4.37. The second-order valence-corrected chi connectivity index (χ2v) is 6.95. The van der Waals surface area contributed by atoms with Gasteiger partial charge in [0.2, 0.25) is 0 Å². The Morgan fingerprint density at radius 1 is 0.947 bits per heavy atom. The Balaban J connectivity index is 2.44. The van der Waals surface area contributed by atoms with Gasteiger partial charge in [0.25, 0.3) is 0 Å². The Bertz CT molecular complexity index is 447. The number of hydrogen-bond acceptors (Lipinski definition) is 2. The molecule has 19 heavy (non-hydrogen) atoms. The zero-order valence-corrected chi connectivity index (χ0v) is 13.3. The van der Waals surface area contributed by atoms with Crippen LogP contribution in [0.3, 0.4) is 0 Å². The molecule has 2 nitrogen and oxygen atoms in total. The minimum absolute atomic E-state index is 0.419. The Kier molecular flexibility index (Phi) is 4.27. The first-order chi connectivity index (χ1) is 8.90. The van der Waals surface area contributed by atoms with E-state index in [1.165, 1.54) is 29.8 Å². The van der Waals surface area contributed by atoms with Crippen molar-refractivity contribution in [1.29, 1.82) is 0 Å². The third-order valence-electron chi connectivity index (χ3n) is 4.37. The quantitative estimate of drug-likeness (QED) is 0.800. The largest absolute Gasteiger partial charge is 0.237 e. The fourth-order valence-corrected chi connectivity index (χ4v) is 3.00. The van der Waals surface area contributed by atoms with E-state index in [-0.39, 0.29) is 0 Å². The van der Waals surface area contributed by atoms with Crippen LogP contribution >= 0.6 is 0 Å². The zero-order valence-electron chi connectivity index (χ0n) is 13.3. The van der Waals surface area contributed by atoms with Gasteiger partial charge >= 0.3 is 0 Å². The average molecular weight is 260 g/mol. The molecule has 0 aromatic carbocycles. The van der Waals surface area contributed by atoms with Gasteiger partial charge in [-0.05, 0) is 42.6 Å². The summed E-state index contributed by atoms with van der Waals surface area (Å²) in [6.45, 7) is 13.6. The van der Waals surface area contributed by atoms with Gasteiger partial charge < -0.3 is 0 Å². The second-order valence-electron chi connectivity index (χ2n) is 6.95. The van der Waals surface area contributed by atoms with Gasteiger partial charge in [-0.15, -0.1) is 0 Å². The van der Waals surface area contributed by atoms with Crippen LogP contribution in [0.1, 0.15) is 82.6 Å². The number of rotatable bonds is 3. The van der Waals surface area contributed by atoms with Crippen molar-refractivity contribution < 1.29 is 0 Å². The van der Waals surface area contributed by atoms with Crippen LogP contribution in [0.2, 0.25) is 0 Å². The molecule has 1 aliphatic carbocycles. The molecule has 1 aromatic heterocycles. The fourth-order valence-electron chi connectivity index (χ4n) is 3.00. The maximum Gasteiger partial charge on any atom is 0.131 e. The van der Waals surface area contributed by atoms with Gasteiger partial charge in [-0.3, -0.25) is 0 Å². The van der Waals surface area contributed by atoms with Crippen LogP contribution in [-0.2, 0) is 12.8 Å². The van der Waals surface area contributed by atoms with E-state index in [2.05, 4.69) is 41.5 Å². The second kappa shape index (κ2) is 5.60. The van der Waals surface area contributed by atoms with E-state index < -0.39 is 0 Å². The summed E-state index contributed by atoms with van der Waals surface area (Å²) in [5, 5.41) is 0. The van der Waals surface area contributed by atoms with Crippen LogP contribution in [-0.4, -0.2) is 9.97 Å². The minimum atomic E-state index is 0.419. The van der Waals surface area contributed by atoms with Crippen LogP contribution in [0.15, 0.2) is 0 Å². The van der Waals surface area contributed by atoms with E-state index in [1.807, 2.05) is 0 Å².